The number of aromatic nitrogens is 4. The number of aryl methyl sites for hydroxylation is 4. The first-order valence-corrected chi connectivity index (χ1v) is 7.60. The highest BCUT2D eigenvalue weighted by molar-refractivity contribution is 7.99. The summed E-state index contributed by atoms with van der Waals surface area (Å²) < 4.78 is 7.29. The average molecular weight is 280 g/mol. The molecule has 2 aromatic rings. The molecule has 2 heterocycles. The zero-order valence-electron chi connectivity index (χ0n) is 11.9. The first-order chi connectivity index (χ1) is 9.10. The van der Waals surface area contributed by atoms with Gasteiger partial charge in [0.2, 0.25) is 5.89 Å². The molecule has 0 saturated carbocycles. The lowest BCUT2D eigenvalue weighted by Gasteiger charge is -2.07. The molecule has 2 aromatic heterocycles. The maximum atomic E-state index is 5.24. The number of rotatable bonds is 6. The van der Waals surface area contributed by atoms with E-state index in [2.05, 4.69) is 35.2 Å². The van der Waals surface area contributed by atoms with Crippen molar-refractivity contribution in [1.82, 2.24) is 19.9 Å². The van der Waals surface area contributed by atoms with Crippen molar-refractivity contribution < 1.29 is 4.52 Å². The third-order valence-corrected chi connectivity index (χ3v) is 4.04. The Bertz CT molecular complexity index is 534. The maximum Gasteiger partial charge on any atom is 0.239 e. The SMILES string of the molecule is CCc1noc([C@H](C)SCCn2nc(C)cc2C)n1. The predicted octanol–water partition coefficient (Wildman–Crippen LogP) is 2.94. The van der Waals surface area contributed by atoms with Gasteiger partial charge in [-0.2, -0.15) is 10.1 Å². The van der Waals surface area contributed by atoms with Crippen LogP contribution in [0.3, 0.4) is 0 Å². The summed E-state index contributed by atoms with van der Waals surface area (Å²) in [6, 6.07) is 2.10. The topological polar surface area (TPSA) is 56.7 Å². The summed E-state index contributed by atoms with van der Waals surface area (Å²) in [6.45, 7) is 9.13. The molecule has 5 nitrogen and oxygen atoms in total. The molecule has 0 N–H and O–H groups in total. The lowest BCUT2D eigenvalue weighted by Crippen LogP contribution is -2.05. The van der Waals surface area contributed by atoms with Crippen molar-refractivity contribution in [3.63, 3.8) is 0 Å². The molecule has 0 amide bonds. The Kier molecular flexibility index (Phi) is 4.63. The molecule has 6 heteroatoms. The van der Waals surface area contributed by atoms with Gasteiger partial charge in [-0.05, 0) is 26.8 Å². The fourth-order valence-electron chi connectivity index (χ4n) is 1.86. The van der Waals surface area contributed by atoms with Crippen LogP contribution in [-0.4, -0.2) is 25.7 Å². The van der Waals surface area contributed by atoms with Gasteiger partial charge in [-0.1, -0.05) is 12.1 Å². The molecule has 0 bridgehead atoms. The first-order valence-electron chi connectivity index (χ1n) is 6.55. The van der Waals surface area contributed by atoms with Crippen LogP contribution in [0, 0.1) is 13.8 Å². The molecular weight excluding hydrogens is 260 g/mol. The number of hydrogen-bond donors (Lipinski definition) is 0. The molecule has 1 atom stereocenters. The standard InChI is InChI=1S/C13H20N4OS/c1-5-12-14-13(18-16-12)11(4)19-7-6-17-10(3)8-9(2)15-17/h8,11H,5-7H2,1-4H3/t11-/m0/s1. The van der Waals surface area contributed by atoms with Gasteiger partial charge < -0.3 is 4.52 Å². The highest BCUT2D eigenvalue weighted by Crippen LogP contribution is 2.26. The lowest BCUT2D eigenvalue weighted by atomic mass is 10.4. The van der Waals surface area contributed by atoms with Crippen molar-refractivity contribution in [3.8, 4) is 0 Å². The summed E-state index contributed by atoms with van der Waals surface area (Å²) in [6.07, 6.45) is 0.812. The van der Waals surface area contributed by atoms with Gasteiger partial charge in [0.1, 0.15) is 0 Å². The van der Waals surface area contributed by atoms with Gasteiger partial charge in [-0.25, -0.2) is 0 Å². The summed E-state index contributed by atoms with van der Waals surface area (Å²) in [5, 5.41) is 8.60. The van der Waals surface area contributed by atoms with Crippen molar-refractivity contribution in [2.75, 3.05) is 5.75 Å². The van der Waals surface area contributed by atoms with E-state index in [1.54, 1.807) is 0 Å². The Hall–Kier alpha value is -1.30. The van der Waals surface area contributed by atoms with Gasteiger partial charge in [0, 0.05) is 17.9 Å². The Balaban J connectivity index is 1.83. The van der Waals surface area contributed by atoms with E-state index in [0.717, 1.165) is 36.1 Å². The van der Waals surface area contributed by atoms with E-state index in [-0.39, 0.29) is 5.25 Å². The molecule has 0 saturated heterocycles. The highest BCUT2D eigenvalue weighted by atomic mass is 32.2. The normalized spacial score (nSPS) is 12.8. The largest absolute Gasteiger partial charge is 0.338 e. The van der Waals surface area contributed by atoms with Crippen LogP contribution in [0.5, 0.6) is 0 Å². The summed E-state index contributed by atoms with van der Waals surface area (Å²) in [5.41, 5.74) is 2.27. The van der Waals surface area contributed by atoms with E-state index in [9.17, 15) is 0 Å². The van der Waals surface area contributed by atoms with Gasteiger partial charge in [0.15, 0.2) is 5.82 Å². The second kappa shape index (κ2) is 6.23. The Morgan fingerprint density at radius 2 is 2.21 bits per heavy atom. The van der Waals surface area contributed by atoms with E-state index in [1.165, 1.54) is 5.69 Å². The van der Waals surface area contributed by atoms with Crippen LogP contribution in [0.2, 0.25) is 0 Å². The zero-order chi connectivity index (χ0) is 13.8. The quantitative estimate of drug-likeness (QED) is 0.814. The van der Waals surface area contributed by atoms with Crippen molar-refractivity contribution in [3.05, 3.63) is 29.2 Å². The summed E-state index contributed by atoms with van der Waals surface area (Å²) in [4.78, 5) is 4.35. The van der Waals surface area contributed by atoms with Crippen LogP contribution < -0.4 is 0 Å². The average Bonchev–Trinajstić information content (AvgIpc) is 2.96. The summed E-state index contributed by atoms with van der Waals surface area (Å²) in [5.74, 6) is 2.48. The van der Waals surface area contributed by atoms with E-state index >= 15 is 0 Å². The van der Waals surface area contributed by atoms with E-state index in [0.29, 0.717) is 0 Å². The zero-order valence-corrected chi connectivity index (χ0v) is 12.7. The molecule has 0 aliphatic heterocycles. The molecule has 104 valence electrons. The minimum atomic E-state index is 0.227. The van der Waals surface area contributed by atoms with Gasteiger partial charge >= 0.3 is 0 Å². The van der Waals surface area contributed by atoms with Crippen LogP contribution in [0.25, 0.3) is 0 Å². The van der Waals surface area contributed by atoms with Crippen molar-refractivity contribution in [2.24, 2.45) is 0 Å². The third-order valence-electron chi connectivity index (χ3n) is 2.92. The molecule has 0 radical (unpaired) electrons. The van der Waals surface area contributed by atoms with E-state index in [1.807, 2.05) is 30.3 Å². The molecule has 2 rings (SSSR count). The molecule has 0 aliphatic rings. The summed E-state index contributed by atoms with van der Waals surface area (Å²) >= 11 is 1.81. The Labute approximate surface area is 117 Å². The molecule has 0 unspecified atom stereocenters. The van der Waals surface area contributed by atoms with Crippen molar-refractivity contribution in [2.45, 2.75) is 45.9 Å². The van der Waals surface area contributed by atoms with Crippen LogP contribution in [0.1, 0.15) is 42.2 Å². The van der Waals surface area contributed by atoms with Gasteiger partial charge in [0.05, 0.1) is 17.5 Å². The molecular formula is C13H20N4OS. The smallest absolute Gasteiger partial charge is 0.239 e. The second-order valence-corrected chi connectivity index (χ2v) is 6.01. The fraction of sp³-hybridized carbons (Fsp3) is 0.615. The fourth-order valence-corrected chi connectivity index (χ4v) is 2.73. The lowest BCUT2D eigenvalue weighted by molar-refractivity contribution is 0.375. The monoisotopic (exact) mass is 280 g/mol. The van der Waals surface area contributed by atoms with E-state index < -0.39 is 0 Å². The second-order valence-electron chi connectivity index (χ2n) is 4.57. The molecule has 0 aliphatic carbocycles. The first kappa shape index (κ1) is 14.1. The van der Waals surface area contributed by atoms with Crippen molar-refractivity contribution in [1.29, 1.82) is 0 Å². The Morgan fingerprint density at radius 1 is 1.42 bits per heavy atom. The third kappa shape index (κ3) is 3.59. The van der Waals surface area contributed by atoms with Crippen LogP contribution in [0.4, 0.5) is 0 Å². The Morgan fingerprint density at radius 3 is 2.79 bits per heavy atom. The van der Waals surface area contributed by atoms with Crippen LogP contribution in [-0.2, 0) is 13.0 Å². The van der Waals surface area contributed by atoms with Crippen molar-refractivity contribution >= 4 is 11.8 Å². The number of thioether (sulfide) groups is 1. The molecule has 0 aromatic carbocycles. The highest BCUT2D eigenvalue weighted by Gasteiger charge is 2.14. The number of nitrogens with zero attached hydrogens (tertiary/aromatic N) is 4. The van der Waals surface area contributed by atoms with Gasteiger partial charge in [-0.15, -0.1) is 11.8 Å². The van der Waals surface area contributed by atoms with Gasteiger partial charge in [0.25, 0.3) is 0 Å². The van der Waals surface area contributed by atoms with Gasteiger partial charge in [-0.3, -0.25) is 4.68 Å². The van der Waals surface area contributed by atoms with Crippen LogP contribution in [0.15, 0.2) is 10.6 Å². The number of hydrogen-bond acceptors (Lipinski definition) is 5. The minimum absolute atomic E-state index is 0.227. The molecule has 0 spiro atoms. The molecule has 0 fully saturated rings. The maximum absolute atomic E-state index is 5.24. The summed E-state index contributed by atoms with van der Waals surface area (Å²) in [7, 11) is 0. The molecule has 19 heavy (non-hydrogen) atoms. The van der Waals surface area contributed by atoms with Crippen LogP contribution >= 0.6 is 11.8 Å². The predicted molar refractivity (Wildman–Crippen MR) is 76.3 cm³/mol. The minimum Gasteiger partial charge on any atom is -0.338 e. The van der Waals surface area contributed by atoms with E-state index in [4.69, 9.17) is 4.52 Å².